The Labute approximate surface area is 161 Å². The average molecular weight is 398 g/mol. The first kappa shape index (κ1) is 20.7. The molecule has 0 saturated carbocycles. The summed E-state index contributed by atoms with van der Waals surface area (Å²) < 4.78 is 17.6. The summed E-state index contributed by atoms with van der Waals surface area (Å²) in [5.41, 5.74) is -2.56. The molecule has 0 bridgehead atoms. The van der Waals surface area contributed by atoms with E-state index >= 15 is 0 Å². The Kier molecular flexibility index (Phi) is 5.50. The monoisotopic (exact) mass is 398 g/mol. The van der Waals surface area contributed by atoms with Gasteiger partial charge in [-0.05, 0) is 20.8 Å². The number of esters is 1. The van der Waals surface area contributed by atoms with Gasteiger partial charge in [0.1, 0.15) is 18.9 Å². The molecule has 1 aromatic rings. The number of carbonyl (C=O) groups excluding carboxylic acids is 1. The Morgan fingerprint density at radius 2 is 2.14 bits per heavy atom. The summed E-state index contributed by atoms with van der Waals surface area (Å²) in [7, 11) is 0. The summed E-state index contributed by atoms with van der Waals surface area (Å²) in [4.78, 5) is 37.8. The lowest BCUT2D eigenvalue weighted by Crippen LogP contribution is -2.34. The van der Waals surface area contributed by atoms with Gasteiger partial charge in [0.25, 0.3) is 5.56 Å². The van der Waals surface area contributed by atoms with Gasteiger partial charge in [-0.3, -0.25) is 19.1 Å². The van der Waals surface area contributed by atoms with Gasteiger partial charge in [0.2, 0.25) is 0 Å². The van der Waals surface area contributed by atoms with Crippen molar-refractivity contribution in [2.24, 2.45) is 0 Å². The van der Waals surface area contributed by atoms with Gasteiger partial charge in [0.15, 0.2) is 0 Å². The van der Waals surface area contributed by atoms with E-state index in [0.717, 1.165) is 0 Å². The molecule has 156 valence electrons. The summed E-state index contributed by atoms with van der Waals surface area (Å²) in [6.45, 7) is 4.91. The minimum atomic E-state index is -0.977. The van der Waals surface area contributed by atoms with Crippen LogP contribution in [-0.4, -0.2) is 62.4 Å². The highest BCUT2D eigenvalue weighted by molar-refractivity contribution is 5.70. The lowest BCUT2D eigenvalue weighted by atomic mass is 9.91. The van der Waals surface area contributed by atoms with Gasteiger partial charge in [-0.25, -0.2) is 4.79 Å². The Morgan fingerprint density at radius 3 is 2.79 bits per heavy atom. The number of aliphatic hydroxyl groups is 2. The SMILES string of the molecule is Cc1cn([C@H]2C[C@H](O)[C@@H](COC(=O)C[C@@]3(C)C[C@@](C)(O)CO3)O2)c(=O)[nH]c1=O. The predicted octanol–water partition coefficient (Wildman–Crippen LogP) is -0.643. The number of nitrogens with zero attached hydrogens (tertiary/aromatic N) is 1. The third kappa shape index (κ3) is 4.52. The highest BCUT2D eigenvalue weighted by atomic mass is 16.6. The zero-order chi connectivity index (χ0) is 20.7. The fourth-order valence-corrected chi connectivity index (χ4v) is 3.72. The number of aromatic amines is 1. The molecule has 0 aromatic carbocycles. The summed E-state index contributed by atoms with van der Waals surface area (Å²) in [5.74, 6) is -0.531. The van der Waals surface area contributed by atoms with E-state index in [-0.39, 0.29) is 26.1 Å². The fraction of sp³-hybridized carbons (Fsp3) is 0.722. The third-order valence-corrected chi connectivity index (χ3v) is 5.07. The van der Waals surface area contributed by atoms with Crippen LogP contribution in [0.5, 0.6) is 0 Å². The molecule has 2 aliphatic rings. The molecule has 0 unspecified atom stereocenters. The molecule has 0 aliphatic carbocycles. The number of nitrogens with one attached hydrogen (secondary N) is 1. The summed E-state index contributed by atoms with van der Waals surface area (Å²) in [5, 5.41) is 20.2. The molecule has 2 fully saturated rings. The van der Waals surface area contributed by atoms with Crippen molar-refractivity contribution in [1.29, 1.82) is 0 Å². The molecule has 10 heteroatoms. The quantitative estimate of drug-likeness (QED) is 0.556. The number of hydrogen-bond donors (Lipinski definition) is 3. The molecular formula is C18H26N2O8. The van der Waals surface area contributed by atoms with Crippen LogP contribution < -0.4 is 11.2 Å². The molecule has 28 heavy (non-hydrogen) atoms. The number of aryl methyl sites for hydroxylation is 1. The second kappa shape index (κ2) is 7.43. The van der Waals surface area contributed by atoms with E-state index < -0.39 is 46.9 Å². The van der Waals surface area contributed by atoms with Crippen LogP contribution in [0, 0.1) is 6.92 Å². The van der Waals surface area contributed by atoms with E-state index in [2.05, 4.69) is 4.98 Å². The van der Waals surface area contributed by atoms with Crippen molar-refractivity contribution in [2.75, 3.05) is 13.2 Å². The van der Waals surface area contributed by atoms with Crippen molar-refractivity contribution in [3.8, 4) is 0 Å². The van der Waals surface area contributed by atoms with Crippen LogP contribution in [0.15, 0.2) is 15.8 Å². The molecule has 3 heterocycles. The maximum atomic E-state index is 12.2. The van der Waals surface area contributed by atoms with Crippen LogP contribution in [-0.2, 0) is 19.0 Å². The fourth-order valence-electron chi connectivity index (χ4n) is 3.72. The smallest absolute Gasteiger partial charge is 0.330 e. The molecule has 5 atom stereocenters. The molecule has 3 N–H and O–H groups in total. The first-order valence-corrected chi connectivity index (χ1v) is 9.16. The molecule has 1 aromatic heterocycles. The van der Waals surface area contributed by atoms with E-state index in [4.69, 9.17) is 14.2 Å². The minimum Gasteiger partial charge on any atom is -0.463 e. The number of carbonyl (C=O) groups is 1. The van der Waals surface area contributed by atoms with Crippen molar-refractivity contribution < 1.29 is 29.2 Å². The lowest BCUT2D eigenvalue weighted by molar-refractivity contribution is -0.155. The number of aliphatic hydroxyl groups excluding tert-OH is 1. The van der Waals surface area contributed by atoms with Gasteiger partial charge in [-0.1, -0.05) is 0 Å². The standard InChI is InChI=1S/C18H26N2O8/c1-10-6-20(16(24)19-15(10)23)13-4-11(21)12(28-13)7-26-14(22)5-18(3)8-17(2,25)9-27-18/h6,11-13,21,25H,4-5,7-9H2,1-3H3,(H,19,23,24)/t11-,12+,13+,17+,18-/m0/s1. The van der Waals surface area contributed by atoms with E-state index in [1.807, 2.05) is 0 Å². The van der Waals surface area contributed by atoms with Crippen LogP contribution in [0.1, 0.15) is 44.9 Å². The van der Waals surface area contributed by atoms with Crippen LogP contribution >= 0.6 is 0 Å². The van der Waals surface area contributed by atoms with E-state index in [0.29, 0.717) is 12.0 Å². The summed E-state index contributed by atoms with van der Waals surface area (Å²) >= 11 is 0. The second-order valence-corrected chi connectivity index (χ2v) is 8.18. The van der Waals surface area contributed by atoms with Gasteiger partial charge >= 0.3 is 11.7 Å². The van der Waals surface area contributed by atoms with Crippen molar-refractivity contribution in [3.63, 3.8) is 0 Å². The lowest BCUT2D eigenvalue weighted by Gasteiger charge is -2.23. The van der Waals surface area contributed by atoms with Crippen LogP contribution in [0.4, 0.5) is 0 Å². The van der Waals surface area contributed by atoms with Crippen molar-refractivity contribution in [2.45, 2.75) is 69.7 Å². The molecule has 0 spiro atoms. The first-order valence-electron chi connectivity index (χ1n) is 9.16. The number of H-pyrrole nitrogens is 1. The number of rotatable bonds is 5. The molecule has 10 nitrogen and oxygen atoms in total. The van der Waals surface area contributed by atoms with Crippen LogP contribution in [0.25, 0.3) is 0 Å². The van der Waals surface area contributed by atoms with Gasteiger partial charge in [-0.2, -0.15) is 0 Å². The van der Waals surface area contributed by atoms with E-state index in [9.17, 15) is 24.6 Å². The highest BCUT2D eigenvalue weighted by Crippen LogP contribution is 2.35. The second-order valence-electron chi connectivity index (χ2n) is 8.18. The van der Waals surface area contributed by atoms with Gasteiger partial charge in [0, 0.05) is 24.6 Å². The summed E-state index contributed by atoms with van der Waals surface area (Å²) in [6, 6.07) is 0. The predicted molar refractivity (Wildman–Crippen MR) is 95.8 cm³/mol. The number of hydrogen-bond acceptors (Lipinski definition) is 8. The Bertz CT molecular complexity index is 860. The van der Waals surface area contributed by atoms with Crippen LogP contribution in [0.2, 0.25) is 0 Å². The highest BCUT2D eigenvalue weighted by Gasteiger charge is 2.44. The number of ether oxygens (including phenoxy) is 3. The molecule has 0 amide bonds. The maximum absolute atomic E-state index is 12.2. The minimum absolute atomic E-state index is 0.0338. The van der Waals surface area contributed by atoms with Crippen LogP contribution in [0.3, 0.4) is 0 Å². The molecular weight excluding hydrogens is 372 g/mol. The molecule has 3 rings (SSSR count). The zero-order valence-electron chi connectivity index (χ0n) is 16.1. The molecule has 2 saturated heterocycles. The average Bonchev–Trinajstić information content (AvgIpc) is 3.07. The van der Waals surface area contributed by atoms with Gasteiger partial charge in [0.05, 0.1) is 30.3 Å². The number of aromatic nitrogens is 2. The molecule has 0 radical (unpaired) electrons. The van der Waals surface area contributed by atoms with Crippen molar-refractivity contribution in [1.82, 2.24) is 9.55 Å². The Morgan fingerprint density at radius 1 is 1.43 bits per heavy atom. The topological polar surface area (TPSA) is 140 Å². The Balaban J connectivity index is 1.56. The third-order valence-electron chi connectivity index (χ3n) is 5.07. The summed E-state index contributed by atoms with van der Waals surface area (Å²) in [6.07, 6.45) is -0.728. The Hall–Kier alpha value is -2.01. The van der Waals surface area contributed by atoms with E-state index in [1.165, 1.54) is 10.8 Å². The van der Waals surface area contributed by atoms with Crippen molar-refractivity contribution >= 4 is 5.97 Å². The first-order chi connectivity index (χ1) is 13.0. The van der Waals surface area contributed by atoms with Gasteiger partial charge in [-0.15, -0.1) is 0 Å². The molecule has 2 aliphatic heterocycles. The normalized spacial score (nSPS) is 35.2. The van der Waals surface area contributed by atoms with Crippen molar-refractivity contribution in [3.05, 3.63) is 32.6 Å². The van der Waals surface area contributed by atoms with Gasteiger partial charge < -0.3 is 24.4 Å². The largest absolute Gasteiger partial charge is 0.463 e. The maximum Gasteiger partial charge on any atom is 0.330 e. The zero-order valence-corrected chi connectivity index (χ0v) is 16.1. The van der Waals surface area contributed by atoms with E-state index in [1.54, 1.807) is 20.8 Å².